The minimum atomic E-state index is -4.73. The molecule has 0 saturated carbocycles. The Hall–Kier alpha value is -3.73. The molecule has 1 aliphatic rings. The van der Waals surface area contributed by atoms with E-state index in [1.807, 2.05) is 4.57 Å². The zero-order valence-electron chi connectivity index (χ0n) is 20.3. The summed E-state index contributed by atoms with van der Waals surface area (Å²) in [6.07, 6.45) is -3.10. The van der Waals surface area contributed by atoms with Crippen LogP contribution in [0.1, 0.15) is 15.9 Å². The molecule has 4 rings (SSSR count). The topological polar surface area (TPSA) is 65.9 Å². The van der Waals surface area contributed by atoms with Gasteiger partial charge in [-0.15, -0.1) is 0 Å². The molecule has 1 saturated heterocycles. The average Bonchev–Trinajstić information content (AvgIpc) is 2.85. The molecule has 1 fully saturated rings. The maximum Gasteiger partial charge on any atom is 0.412 e. The molecule has 7 nitrogen and oxygen atoms in total. The second-order valence-electron chi connectivity index (χ2n) is 9.16. The third-order valence-electron chi connectivity index (χ3n) is 6.44. The van der Waals surface area contributed by atoms with Crippen LogP contribution in [0.25, 0.3) is 10.9 Å². The zero-order chi connectivity index (χ0) is 26.9. The molecule has 0 bridgehead atoms. The molecule has 11 heteroatoms. The van der Waals surface area contributed by atoms with E-state index in [1.54, 1.807) is 36.5 Å². The number of piperazine rings is 1. The lowest BCUT2D eigenvalue weighted by atomic mass is 10.1. The lowest BCUT2D eigenvalue weighted by Crippen LogP contribution is -2.58. The highest BCUT2D eigenvalue weighted by molar-refractivity contribution is 5.95. The van der Waals surface area contributed by atoms with E-state index in [-0.39, 0.29) is 43.7 Å². The lowest BCUT2D eigenvalue weighted by Gasteiger charge is -2.38. The average molecular weight is 519 g/mol. The second kappa shape index (κ2) is 10.3. The van der Waals surface area contributed by atoms with Gasteiger partial charge in [0.05, 0.1) is 11.1 Å². The van der Waals surface area contributed by atoms with Crippen LogP contribution in [-0.4, -0.2) is 83.6 Å². The van der Waals surface area contributed by atoms with E-state index in [2.05, 4.69) is 0 Å². The minimum Gasteiger partial charge on any atom is -0.343 e. The summed E-state index contributed by atoms with van der Waals surface area (Å²) in [6, 6.07) is 10.4. The molecular weight excluding hydrogens is 492 g/mol. The standard InChI is InChI=1S/C26H26F4N4O3/c1-31(2)23(26(28,29)30)25(37)33-13-11-32(12-14-33)24(36)19-15-17(7-8-20(19)27)16-34-10-9-22(35)18-5-3-4-6-21(18)34/h3-10,15,23H,11-14,16H2,1-2H3. The summed E-state index contributed by atoms with van der Waals surface area (Å²) in [5, 5.41) is 0.540. The summed E-state index contributed by atoms with van der Waals surface area (Å²) in [5.41, 5.74) is 1.05. The Bertz CT molecular complexity index is 1380. The molecule has 0 spiro atoms. The fourth-order valence-electron chi connectivity index (χ4n) is 4.56. The molecule has 1 unspecified atom stereocenters. The van der Waals surface area contributed by atoms with E-state index in [9.17, 15) is 31.9 Å². The molecule has 1 aromatic heterocycles. The van der Waals surface area contributed by atoms with Crippen molar-refractivity contribution in [2.45, 2.75) is 18.8 Å². The first-order chi connectivity index (χ1) is 17.5. The summed E-state index contributed by atoms with van der Waals surface area (Å²) < 4.78 is 56.5. The van der Waals surface area contributed by atoms with Gasteiger partial charge in [-0.1, -0.05) is 18.2 Å². The van der Waals surface area contributed by atoms with E-state index in [1.165, 1.54) is 37.2 Å². The Morgan fingerprint density at radius 3 is 2.27 bits per heavy atom. The number of carbonyl (C=O) groups is 2. The van der Waals surface area contributed by atoms with Crippen LogP contribution in [-0.2, 0) is 11.3 Å². The van der Waals surface area contributed by atoms with Crippen LogP contribution in [0.5, 0.6) is 0 Å². The van der Waals surface area contributed by atoms with Crippen molar-refractivity contribution >= 4 is 22.7 Å². The monoisotopic (exact) mass is 518 g/mol. The van der Waals surface area contributed by atoms with Gasteiger partial charge < -0.3 is 14.4 Å². The Kier molecular flexibility index (Phi) is 7.35. The first-order valence-corrected chi connectivity index (χ1v) is 11.6. The maximum atomic E-state index is 14.7. The summed E-state index contributed by atoms with van der Waals surface area (Å²) in [6.45, 7) is 0.0750. The van der Waals surface area contributed by atoms with Crippen LogP contribution >= 0.6 is 0 Å². The van der Waals surface area contributed by atoms with Crippen molar-refractivity contribution in [3.63, 3.8) is 0 Å². The summed E-state index contributed by atoms with van der Waals surface area (Å²) in [7, 11) is 2.36. The van der Waals surface area contributed by atoms with Gasteiger partial charge in [-0.25, -0.2) is 4.39 Å². The van der Waals surface area contributed by atoms with Gasteiger partial charge in [-0.05, 0) is 43.9 Å². The van der Waals surface area contributed by atoms with Crippen LogP contribution in [0.2, 0.25) is 0 Å². The predicted octanol–water partition coefficient (Wildman–Crippen LogP) is 2.97. The molecular formula is C26H26F4N4O3. The Labute approximate surface area is 210 Å². The molecule has 3 aromatic rings. The van der Waals surface area contributed by atoms with Gasteiger partial charge in [0.15, 0.2) is 11.5 Å². The third-order valence-corrected chi connectivity index (χ3v) is 6.44. The van der Waals surface area contributed by atoms with Crippen molar-refractivity contribution < 1.29 is 27.2 Å². The molecule has 37 heavy (non-hydrogen) atoms. The molecule has 196 valence electrons. The van der Waals surface area contributed by atoms with Crippen LogP contribution in [0.15, 0.2) is 59.5 Å². The molecule has 2 aromatic carbocycles. The van der Waals surface area contributed by atoms with Gasteiger partial charge in [0, 0.05) is 50.4 Å². The molecule has 0 aliphatic carbocycles. The van der Waals surface area contributed by atoms with E-state index in [0.29, 0.717) is 16.5 Å². The fourth-order valence-corrected chi connectivity index (χ4v) is 4.56. The van der Waals surface area contributed by atoms with Crippen molar-refractivity contribution in [3.8, 4) is 0 Å². The summed E-state index contributed by atoms with van der Waals surface area (Å²) >= 11 is 0. The van der Waals surface area contributed by atoms with Crippen molar-refractivity contribution in [1.29, 1.82) is 0 Å². The number of alkyl halides is 3. The number of likely N-dealkylation sites (N-methyl/N-ethyl adjacent to an activating group) is 1. The van der Waals surface area contributed by atoms with E-state index < -0.39 is 29.8 Å². The summed E-state index contributed by atoms with van der Waals surface area (Å²) in [4.78, 5) is 41.0. The number of pyridine rings is 1. The van der Waals surface area contributed by atoms with E-state index >= 15 is 0 Å². The van der Waals surface area contributed by atoms with Crippen LogP contribution in [0, 0.1) is 5.82 Å². The quantitative estimate of drug-likeness (QED) is 0.488. The van der Waals surface area contributed by atoms with Crippen molar-refractivity contribution in [2.75, 3.05) is 40.3 Å². The SMILES string of the molecule is CN(C)C(C(=O)N1CCN(C(=O)c2cc(Cn3ccc(=O)c4ccccc43)ccc2F)CC1)C(F)(F)F. The van der Waals surface area contributed by atoms with Crippen LogP contribution in [0.4, 0.5) is 17.6 Å². The number of para-hydroxylation sites is 1. The van der Waals surface area contributed by atoms with E-state index in [0.717, 1.165) is 9.80 Å². The highest BCUT2D eigenvalue weighted by Crippen LogP contribution is 2.26. The van der Waals surface area contributed by atoms with Crippen LogP contribution < -0.4 is 5.43 Å². The number of fused-ring (bicyclic) bond motifs is 1. The fraction of sp³-hybridized carbons (Fsp3) is 0.346. The number of hydrogen-bond acceptors (Lipinski definition) is 4. The van der Waals surface area contributed by atoms with E-state index in [4.69, 9.17) is 0 Å². The minimum absolute atomic E-state index is 0.0173. The highest BCUT2D eigenvalue weighted by Gasteiger charge is 2.48. The molecule has 2 heterocycles. The van der Waals surface area contributed by atoms with Gasteiger partial charge in [-0.2, -0.15) is 13.2 Å². The molecule has 2 amide bonds. The number of carbonyl (C=O) groups excluding carboxylic acids is 2. The number of halogens is 4. The summed E-state index contributed by atoms with van der Waals surface area (Å²) in [5.74, 6) is -2.40. The van der Waals surface area contributed by atoms with Gasteiger partial charge in [0.25, 0.3) is 5.91 Å². The number of amides is 2. The number of hydrogen-bond donors (Lipinski definition) is 0. The van der Waals surface area contributed by atoms with Gasteiger partial charge in [0.1, 0.15) is 5.82 Å². The maximum absolute atomic E-state index is 14.7. The largest absolute Gasteiger partial charge is 0.412 e. The highest BCUT2D eigenvalue weighted by atomic mass is 19.4. The molecule has 0 N–H and O–H groups in total. The first kappa shape index (κ1) is 26.3. The van der Waals surface area contributed by atoms with Gasteiger partial charge in [-0.3, -0.25) is 19.3 Å². The van der Waals surface area contributed by atoms with Gasteiger partial charge >= 0.3 is 6.18 Å². The lowest BCUT2D eigenvalue weighted by molar-refractivity contribution is -0.191. The van der Waals surface area contributed by atoms with Gasteiger partial charge in [0.2, 0.25) is 5.91 Å². The normalized spacial score (nSPS) is 15.3. The first-order valence-electron chi connectivity index (χ1n) is 11.6. The number of aromatic nitrogens is 1. The molecule has 0 radical (unpaired) electrons. The number of benzene rings is 2. The molecule has 1 atom stereocenters. The predicted molar refractivity (Wildman–Crippen MR) is 130 cm³/mol. The number of rotatable bonds is 5. The van der Waals surface area contributed by atoms with Crippen molar-refractivity contribution in [2.24, 2.45) is 0 Å². The number of nitrogens with zero attached hydrogens (tertiary/aromatic N) is 4. The van der Waals surface area contributed by atoms with Crippen molar-refractivity contribution in [1.82, 2.24) is 19.3 Å². The third kappa shape index (κ3) is 5.51. The smallest absolute Gasteiger partial charge is 0.343 e. The Morgan fingerprint density at radius 2 is 1.62 bits per heavy atom. The van der Waals surface area contributed by atoms with Crippen LogP contribution in [0.3, 0.4) is 0 Å². The van der Waals surface area contributed by atoms with Crippen molar-refractivity contribution in [3.05, 3.63) is 81.9 Å². The zero-order valence-corrected chi connectivity index (χ0v) is 20.3. The Balaban J connectivity index is 1.49. The Morgan fingerprint density at radius 1 is 0.973 bits per heavy atom. The second-order valence-corrected chi connectivity index (χ2v) is 9.16. The molecule has 1 aliphatic heterocycles.